The van der Waals surface area contributed by atoms with Crippen molar-refractivity contribution in [3.05, 3.63) is 42.2 Å². The maximum Gasteiger partial charge on any atom is 0.227 e. The van der Waals surface area contributed by atoms with Crippen LogP contribution >= 0.6 is 0 Å². The van der Waals surface area contributed by atoms with Crippen LogP contribution in [0.25, 0.3) is 10.8 Å². The predicted molar refractivity (Wildman–Crippen MR) is 158 cm³/mol. The molecule has 0 aliphatic carbocycles. The molecule has 1 aliphatic heterocycles. The number of methoxy groups -OCH3 is 1. The number of benzene rings is 1. The van der Waals surface area contributed by atoms with Gasteiger partial charge in [-0.2, -0.15) is 4.98 Å². The van der Waals surface area contributed by atoms with Gasteiger partial charge in [0.05, 0.1) is 5.75 Å². The zero-order chi connectivity index (χ0) is 29.7. The third-order valence-electron chi connectivity index (χ3n) is 7.20. The van der Waals surface area contributed by atoms with Crippen molar-refractivity contribution in [1.82, 2.24) is 15.0 Å². The number of halogens is 2. The third-order valence-corrected chi connectivity index (χ3v) is 8.27. The van der Waals surface area contributed by atoms with E-state index in [1.54, 1.807) is 12.3 Å². The molecule has 4 rings (SSSR count). The van der Waals surface area contributed by atoms with Gasteiger partial charge in [0.15, 0.2) is 0 Å². The number of aliphatic hydroxyl groups is 1. The summed E-state index contributed by atoms with van der Waals surface area (Å²) >= 11 is 0. The van der Waals surface area contributed by atoms with Crippen molar-refractivity contribution in [2.75, 3.05) is 73.8 Å². The number of aliphatic hydroxyl groups excluding tert-OH is 1. The van der Waals surface area contributed by atoms with E-state index in [1.807, 2.05) is 6.07 Å². The van der Waals surface area contributed by atoms with Crippen molar-refractivity contribution in [2.24, 2.45) is 5.92 Å². The van der Waals surface area contributed by atoms with E-state index in [2.05, 4.69) is 51.1 Å². The van der Waals surface area contributed by atoms with Crippen LogP contribution in [0, 0.1) is 5.92 Å². The standard InChI is InChI=1S/C28H38F2N6O4S/c1-18(2)20-5-6-23(36-14-19(15-36)17-41(4,38)39)22-13-32-27(11-21(20)22)33-26-7-9-31-28(34-26)35(10-8-29)16-24(37)25(12-30)40-3/h5-7,9,11,13,18-19,24-25,37H,8,10,12,14-17H2,1-4H3,(H,31,32,33,34)/t24-,25+/m1/s1. The van der Waals surface area contributed by atoms with Crippen LogP contribution in [-0.2, 0) is 14.6 Å². The molecule has 0 radical (unpaired) electrons. The molecular weight excluding hydrogens is 554 g/mol. The third kappa shape index (κ3) is 7.57. The van der Waals surface area contributed by atoms with Gasteiger partial charge in [-0.05, 0) is 35.1 Å². The normalized spacial score (nSPS) is 15.7. The molecule has 3 aromatic rings. The highest BCUT2D eigenvalue weighted by Crippen LogP contribution is 2.37. The molecule has 1 saturated heterocycles. The number of fused-ring (bicyclic) bond motifs is 1. The molecule has 224 valence electrons. The molecule has 1 aliphatic rings. The zero-order valence-electron chi connectivity index (χ0n) is 23.8. The average molecular weight is 593 g/mol. The van der Waals surface area contributed by atoms with Crippen LogP contribution in [0.1, 0.15) is 25.3 Å². The largest absolute Gasteiger partial charge is 0.388 e. The molecule has 1 fully saturated rings. The van der Waals surface area contributed by atoms with Gasteiger partial charge in [-0.1, -0.05) is 19.9 Å². The van der Waals surface area contributed by atoms with Gasteiger partial charge < -0.3 is 25.0 Å². The summed E-state index contributed by atoms with van der Waals surface area (Å²) in [5.74, 6) is 1.69. The topological polar surface area (TPSA) is 121 Å². The maximum atomic E-state index is 13.3. The van der Waals surface area contributed by atoms with E-state index in [0.717, 1.165) is 22.0 Å². The van der Waals surface area contributed by atoms with Crippen molar-refractivity contribution in [3.63, 3.8) is 0 Å². The van der Waals surface area contributed by atoms with E-state index in [9.17, 15) is 22.3 Å². The maximum absolute atomic E-state index is 13.3. The van der Waals surface area contributed by atoms with Crippen LogP contribution in [-0.4, -0.2) is 99.3 Å². The van der Waals surface area contributed by atoms with Crippen LogP contribution in [0.3, 0.4) is 0 Å². The number of pyridine rings is 1. The Kier molecular flexibility index (Phi) is 9.92. The van der Waals surface area contributed by atoms with E-state index in [-0.39, 0.29) is 36.6 Å². The fourth-order valence-corrected chi connectivity index (χ4v) is 6.20. The summed E-state index contributed by atoms with van der Waals surface area (Å²) in [5, 5.41) is 15.5. The van der Waals surface area contributed by atoms with Crippen LogP contribution < -0.4 is 15.1 Å². The smallest absolute Gasteiger partial charge is 0.227 e. The second-order valence-corrected chi connectivity index (χ2v) is 13.0. The molecule has 0 unspecified atom stereocenters. The minimum Gasteiger partial charge on any atom is -0.388 e. The number of hydrogen-bond donors (Lipinski definition) is 2. The highest BCUT2D eigenvalue weighted by molar-refractivity contribution is 7.90. The Balaban J connectivity index is 1.58. The van der Waals surface area contributed by atoms with Crippen LogP contribution in [0.4, 0.5) is 32.1 Å². The van der Waals surface area contributed by atoms with Gasteiger partial charge in [-0.25, -0.2) is 27.2 Å². The fourth-order valence-electron chi connectivity index (χ4n) is 5.14. The first-order chi connectivity index (χ1) is 19.5. The first-order valence-corrected chi connectivity index (χ1v) is 15.6. The monoisotopic (exact) mass is 592 g/mol. The van der Waals surface area contributed by atoms with E-state index in [0.29, 0.717) is 24.7 Å². The van der Waals surface area contributed by atoms with E-state index >= 15 is 0 Å². The number of alkyl halides is 2. The van der Waals surface area contributed by atoms with E-state index in [1.165, 1.54) is 24.5 Å². The van der Waals surface area contributed by atoms with Gasteiger partial charge in [0.25, 0.3) is 0 Å². The minimum absolute atomic E-state index is 0.0838. The van der Waals surface area contributed by atoms with Gasteiger partial charge in [-0.15, -0.1) is 0 Å². The molecule has 41 heavy (non-hydrogen) atoms. The van der Waals surface area contributed by atoms with Gasteiger partial charge >= 0.3 is 0 Å². The Morgan fingerprint density at radius 1 is 1.17 bits per heavy atom. The summed E-state index contributed by atoms with van der Waals surface area (Å²) in [7, 11) is -1.72. The summed E-state index contributed by atoms with van der Waals surface area (Å²) in [5.41, 5.74) is 2.16. The summed E-state index contributed by atoms with van der Waals surface area (Å²) in [6.45, 7) is 3.81. The summed E-state index contributed by atoms with van der Waals surface area (Å²) < 4.78 is 54.8. The second-order valence-electron chi connectivity index (χ2n) is 10.8. The Labute approximate surface area is 239 Å². The Morgan fingerprint density at radius 2 is 1.93 bits per heavy atom. The van der Waals surface area contributed by atoms with Gasteiger partial charge in [-0.3, -0.25) is 0 Å². The predicted octanol–water partition coefficient (Wildman–Crippen LogP) is 3.49. The minimum atomic E-state index is -3.02. The molecular formula is C28H38F2N6O4S. The zero-order valence-corrected chi connectivity index (χ0v) is 24.6. The molecule has 3 heterocycles. The molecule has 0 amide bonds. The number of nitrogens with zero attached hydrogens (tertiary/aromatic N) is 5. The average Bonchev–Trinajstić information content (AvgIpc) is 2.90. The number of aromatic nitrogens is 3. The molecule has 2 atom stereocenters. The van der Waals surface area contributed by atoms with Crippen LogP contribution in [0.2, 0.25) is 0 Å². The molecule has 10 nitrogen and oxygen atoms in total. The van der Waals surface area contributed by atoms with Crippen molar-refractivity contribution in [1.29, 1.82) is 0 Å². The first-order valence-electron chi connectivity index (χ1n) is 13.6. The number of hydrogen-bond acceptors (Lipinski definition) is 10. The molecule has 1 aromatic carbocycles. The summed E-state index contributed by atoms with van der Waals surface area (Å²) in [6.07, 6.45) is 2.35. The van der Waals surface area contributed by atoms with Gasteiger partial charge in [0.2, 0.25) is 5.95 Å². The Hall–Kier alpha value is -3.16. The van der Waals surface area contributed by atoms with Crippen LogP contribution in [0.5, 0.6) is 0 Å². The number of nitrogens with one attached hydrogen (secondary N) is 1. The SMILES string of the molecule is CO[C@@H](CF)[C@H](O)CN(CCF)c1nccc(Nc2cc3c(C(C)C)ccc(N4CC(CS(C)(=O)=O)C4)c3cn2)n1. The number of rotatable bonds is 14. The lowest BCUT2D eigenvalue weighted by Gasteiger charge is -2.41. The molecule has 13 heteroatoms. The van der Waals surface area contributed by atoms with Crippen molar-refractivity contribution < 1.29 is 27.0 Å². The number of anilines is 4. The second kappa shape index (κ2) is 13.2. The fraction of sp³-hybridized carbons (Fsp3) is 0.536. The molecule has 2 N–H and O–H groups in total. The first kappa shape index (κ1) is 30.8. The molecule has 0 bridgehead atoms. The molecule has 2 aromatic heterocycles. The highest BCUT2D eigenvalue weighted by atomic mass is 32.2. The summed E-state index contributed by atoms with van der Waals surface area (Å²) in [6, 6.07) is 7.78. The lowest BCUT2D eigenvalue weighted by atomic mass is 9.93. The van der Waals surface area contributed by atoms with Gasteiger partial charge in [0, 0.05) is 68.9 Å². The van der Waals surface area contributed by atoms with Crippen molar-refractivity contribution >= 4 is 43.9 Å². The Morgan fingerprint density at radius 3 is 2.56 bits per heavy atom. The van der Waals surface area contributed by atoms with Crippen molar-refractivity contribution in [3.8, 4) is 0 Å². The highest BCUT2D eigenvalue weighted by Gasteiger charge is 2.31. The lowest BCUT2D eigenvalue weighted by Crippen LogP contribution is -2.49. The van der Waals surface area contributed by atoms with Crippen LogP contribution in [0.15, 0.2) is 36.7 Å². The lowest BCUT2D eigenvalue weighted by molar-refractivity contribution is -0.0204. The summed E-state index contributed by atoms with van der Waals surface area (Å²) in [4.78, 5) is 17.0. The number of sulfone groups is 1. The Bertz CT molecular complexity index is 1430. The quantitative estimate of drug-likeness (QED) is 0.288. The van der Waals surface area contributed by atoms with Crippen molar-refractivity contribution in [2.45, 2.75) is 32.0 Å². The molecule has 0 saturated carbocycles. The molecule has 0 spiro atoms. The number of ether oxygens (including phenoxy) is 1. The van der Waals surface area contributed by atoms with Gasteiger partial charge in [0.1, 0.15) is 47.0 Å². The van der Waals surface area contributed by atoms with E-state index < -0.39 is 35.4 Å². The van der Waals surface area contributed by atoms with E-state index in [4.69, 9.17) is 4.74 Å².